The van der Waals surface area contributed by atoms with E-state index in [1.807, 2.05) is 36.4 Å². The molecule has 40 heavy (non-hydrogen) atoms. The van der Waals surface area contributed by atoms with Crippen molar-refractivity contribution in [1.29, 1.82) is 0 Å². The van der Waals surface area contributed by atoms with Crippen LogP contribution in [0, 0.1) is 0 Å². The van der Waals surface area contributed by atoms with Gasteiger partial charge in [-0.25, -0.2) is 14.8 Å². The number of aromatic hydroxyl groups is 1. The number of aromatic nitrogens is 2. The number of carbonyl (C=O) groups is 2. The summed E-state index contributed by atoms with van der Waals surface area (Å²) in [7, 11) is 1.33. The zero-order valence-electron chi connectivity index (χ0n) is 22.1. The fraction of sp³-hybridized carbons (Fsp3) is 0.267. The van der Waals surface area contributed by atoms with Crippen molar-refractivity contribution in [2.75, 3.05) is 51.4 Å². The highest BCUT2D eigenvalue weighted by Crippen LogP contribution is 2.33. The van der Waals surface area contributed by atoms with E-state index in [4.69, 9.17) is 19.5 Å². The minimum absolute atomic E-state index is 0.0544. The molecule has 0 unspecified atom stereocenters. The Hall–Kier alpha value is -4.54. The number of morpholine rings is 1. The second-order valence-corrected chi connectivity index (χ2v) is 9.75. The van der Waals surface area contributed by atoms with Crippen molar-refractivity contribution in [3.8, 4) is 5.88 Å². The molecule has 10 nitrogen and oxygen atoms in total. The molecule has 2 aromatic carbocycles. The van der Waals surface area contributed by atoms with Gasteiger partial charge < -0.3 is 24.5 Å². The van der Waals surface area contributed by atoms with Crippen LogP contribution < -0.4 is 4.90 Å². The highest BCUT2D eigenvalue weighted by Gasteiger charge is 2.28. The lowest BCUT2D eigenvalue weighted by molar-refractivity contribution is -0.120. The first-order chi connectivity index (χ1) is 19.5. The van der Waals surface area contributed by atoms with Crippen LogP contribution in [0.4, 0.5) is 11.5 Å². The first kappa shape index (κ1) is 25.7. The minimum Gasteiger partial charge on any atom is -0.494 e. The second kappa shape index (κ2) is 10.9. The van der Waals surface area contributed by atoms with E-state index in [0.29, 0.717) is 66.3 Å². The molecule has 4 aromatic rings. The van der Waals surface area contributed by atoms with Gasteiger partial charge in [0.1, 0.15) is 0 Å². The largest absolute Gasteiger partial charge is 0.494 e. The van der Waals surface area contributed by atoms with Crippen molar-refractivity contribution in [3.05, 3.63) is 83.0 Å². The number of esters is 1. The number of H-pyrrole nitrogens is 1. The van der Waals surface area contributed by atoms with Gasteiger partial charge in [-0.15, -0.1) is 0 Å². The summed E-state index contributed by atoms with van der Waals surface area (Å²) >= 11 is 0. The Morgan fingerprint density at radius 1 is 1.05 bits per heavy atom. The lowest BCUT2D eigenvalue weighted by Crippen LogP contribution is -2.44. The van der Waals surface area contributed by atoms with Gasteiger partial charge in [0.25, 0.3) is 0 Å². The van der Waals surface area contributed by atoms with E-state index < -0.39 is 5.97 Å². The Bertz CT molecular complexity index is 1610. The number of hydrogen-bond donors (Lipinski definition) is 2. The maximum atomic E-state index is 13.1. The molecule has 6 rings (SSSR count). The molecule has 4 heterocycles. The fourth-order valence-corrected chi connectivity index (χ4v) is 5.25. The third-order valence-corrected chi connectivity index (χ3v) is 7.27. The average Bonchev–Trinajstić information content (AvgIpc) is 3.56. The standard InChI is InChI=1S/C30H29N5O5/c1-39-30(38)20-7-8-21-23(17-20)32-29(37)27(21)28(19-5-3-2-4-6-19)33-25-10-9-24-22(31-25)11-12-35(24)26(36)18-34-13-15-40-16-14-34/h2-10,17,32,37H,11-16,18H2,1H3. The van der Waals surface area contributed by atoms with E-state index in [9.17, 15) is 14.7 Å². The summed E-state index contributed by atoms with van der Waals surface area (Å²) in [5.41, 5.74) is 4.39. The summed E-state index contributed by atoms with van der Waals surface area (Å²) in [4.78, 5) is 41.7. The van der Waals surface area contributed by atoms with Crippen LogP contribution in [0.3, 0.4) is 0 Å². The zero-order valence-corrected chi connectivity index (χ0v) is 22.1. The van der Waals surface area contributed by atoms with Gasteiger partial charge >= 0.3 is 5.97 Å². The van der Waals surface area contributed by atoms with Crippen LogP contribution in [0.2, 0.25) is 0 Å². The number of nitrogens with zero attached hydrogens (tertiary/aromatic N) is 4. The Morgan fingerprint density at radius 3 is 2.62 bits per heavy atom. The van der Waals surface area contributed by atoms with Crippen molar-refractivity contribution in [1.82, 2.24) is 14.9 Å². The van der Waals surface area contributed by atoms with Gasteiger partial charge in [-0.3, -0.25) is 9.69 Å². The number of pyridine rings is 1. The van der Waals surface area contributed by atoms with E-state index in [2.05, 4.69) is 9.88 Å². The predicted molar refractivity (Wildman–Crippen MR) is 151 cm³/mol. The molecule has 2 aromatic heterocycles. The first-order valence-electron chi connectivity index (χ1n) is 13.2. The Morgan fingerprint density at radius 2 is 1.85 bits per heavy atom. The highest BCUT2D eigenvalue weighted by atomic mass is 16.5. The van der Waals surface area contributed by atoms with Crippen LogP contribution in [0.5, 0.6) is 5.88 Å². The van der Waals surface area contributed by atoms with Crippen molar-refractivity contribution in [2.45, 2.75) is 6.42 Å². The summed E-state index contributed by atoms with van der Waals surface area (Å²) in [6.07, 6.45) is 0.642. The summed E-state index contributed by atoms with van der Waals surface area (Å²) in [6, 6.07) is 18.3. The molecule has 2 aliphatic heterocycles. The van der Waals surface area contributed by atoms with Crippen molar-refractivity contribution in [3.63, 3.8) is 0 Å². The number of ether oxygens (including phenoxy) is 2. The number of benzene rings is 2. The zero-order chi connectivity index (χ0) is 27.6. The number of amides is 1. The molecule has 0 aliphatic carbocycles. The van der Waals surface area contributed by atoms with E-state index in [1.54, 1.807) is 29.2 Å². The number of hydrogen-bond acceptors (Lipinski definition) is 8. The third-order valence-electron chi connectivity index (χ3n) is 7.27. The highest BCUT2D eigenvalue weighted by molar-refractivity contribution is 6.22. The summed E-state index contributed by atoms with van der Waals surface area (Å²) in [5, 5.41) is 11.7. The monoisotopic (exact) mass is 539 g/mol. The molecule has 1 saturated heterocycles. The molecule has 2 aliphatic rings. The van der Waals surface area contributed by atoms with E-state index in [1.165, 1.54) is 7.11 Å². The third kappa shape index (κ3) is 4.94. The summed E-state index contributed by atoms with van der Waals surface area (Å²) < 4.78 is 10.2. The Labute approximate surface area is 230 Å². The van der Waals surface area contributed by atoms with Crippen molar-refractivity contribution < 1.29 is 24.2 Å². The minimum atomic E-state index is -0.464. The molecule has 0 atom stereocenters. The number of methoxy groups -OCH3 is 1. The molecule has 204 valence electrons. The number of anilines is 1. The Balaban J connectivity index is 1.36. The summed E-state index contributed by atoms with van der Waals surface area (Å²) in [6.45, 7) is 3.74. The molecule has 0 saturated carbocycles. The van der Waals surface area contributed by atoms with Gasteiger partial charge in [0.15, 0.2) is 11.7 Å². The number of fused-ring (bicyclic) bond motifs is 2. The molecule has 1 fully saturated rings. The number of nitrogens with one attached hydrogen (secondary N) is 1. The second-order valence-electron chi connectivity index (χ2n) is 9.75. The van der Waals surface area contributed by atoms with Gasteiger partial charge in [0.05, 0.1) is 55.1 Å². The van der Waals surface area contributed by atoms with Gasteiger partial charge in [0.2, 0.25) is 5.91 Å². The normalized spacial score (nSPS) is 15.8. The number of carbonyl (C=O) groups excluding carboxylic acids is 2. The molecule has 1 amide bonds. The van der Waals surface area contributed by atoms with E-state index in [-0.39, 0.29) is 11.8 Å². The number of aliphatic imine (C=N–C) groups is 1. The van der Waals surface area contributed by atoms with Gasteiger partial charge in [0, 0.05) is 42.5 Å². The van der Waals surface area contributed by atoms with Crippen LogP contribution in [-0.4, -0.2) is 84.1 Å². The molecule has 10 heteroatoms. The number of aromatic amines is 1. The molecule has 0 bridgehead atoms. The Kier molecular flexibility index (Phi) is 7.02. The molecular formula is C30H29N5O5. The van der Waals surface area contributed by atoms with Crippen LogP contribution in [0.15, 0.2) is 65.7 Å². The van der Waals surface area contributed by atoms with Crippen molar-refractivity contribution >= 4 is 40.0 Å². The predicted octanol–water partition coefficient (Wildman–Crippen LogP) is 3.45. The summed E-state index contributed by atoms with van der Waals surface area (Å²) in [5.74, 6) is -0.00584. The van der Waals surface area contributed by atoms with Gasteiger partial charge in [-0.05, 0) is 24.3 Å². The lowest BCUT2D eigenvalue weighted by Gasteiger charge is -2.28. The number of rotatable bonds is 6. The van der Waals surface area contributed by atoms with Crippen LogP contribution in [0.1, 0.15) is 27.2 Å². The van der Waals surface area contributed by atoms with Crippen LogP contribution in [-0.2, 0) is 20.7 Å². The van der Waals surface area contributed by atoms with E-state index >= 15 is 0 Å². The topological polar surface area (TPSA) is 120 Å². The quantitative estimate of drug-likeness (QED) is 0.284. The first-order valence-corrected chi connectivity index (χ1v) is 13.2. The van der Waals surface area contributed by atoms with Crippen molar-refractivity contribution in [2.24, 2.45) is 4.99 Å². The van der Waals surface area contributed by atoms with Gasteiger partial charge in [-0.2, -0.15) is 0 Å². The lowest BCUT2D eigenvalue weighted by atomic mass is 10.00. The van der Waals surface area contributed by atoms with Gasteiger partial charge in [-0.1, -0.05) is 36.4 Å². The SMILES string of the molecule is COC(=O)c1ccc2c(C(=Nc3ccc4c(n3)CCN4C(=O)CN3CCOCC3)c3ccccc3)c(O)[nH]c2c1. The van der Waals surface area contributed by atoms with Crippen LogP contribution >= 0.6 is 0 Å². The van der Waals surface area contributed by atoms with E-state index in [0.717, 1.165) is 30.0 Å². The smallest absolute Gasteiger partial charge is 0.337 e. The maximum absolute atomic E-state index is 13.1. The fourth-order valence-electron chi connectivity index (χ4n) is 5.25. The van der Waals surface area contributed by atoms with Crippen LogP contribution in [0.25, 0.3) is 10.9 Å². The molecule has 2 N–H and O–H groups in total. The molecular weight excluding hydrogens is 510 g/mol. The molecule has 0 radical (unpaired) electrons. The maximum Gasteiger partial charge on any atom is 0.337 e. The molecule has 0 spiro atoms. The average molecular weight is 540 g/mol.